The summed E-state index contributed by atoms with van der Waals surface area (Å²) in [7, 11) is -3.57. The molecule has 0 saturated heterocycles. The van der Waals surface area contributed by atoms with Gasteiger partial charge in [0.05, 0.1) is 11.5 Å². The summed E-state index contributed by atoms with van der Waals surface area (Å²) in [5.41, 5.74) is 2.29. The van der Waals surface area contributed by atoms with Crippen molar-refractivity contribution in [3.63, 3.8) is 0 Å². The minimum atomic E-state index is -3.57. The number of rotatable bonds is 6. The maximum absolute atomic E-state index is 12.4. The average molecular weight is 311 g/mol. The van der Waals surface area contributed by atoms with E-state index in [-0.39, 0.29) is 18.0 Å². The van der Waals surface area contributed by atoms with Crippen LogP contribution in [0.3, 0.4) is 0 Å². The molecule has 0 aliphatic rings. The minimum Gasteiger partial charge on any atom is -0.392 e. The molecule has 2 aromatic rings. The highest BCUT2D eigenvalue weighted by molar-refractivity contribution is 7.89. The molecule has 2 rings (SSSR count). The van der Waals surface area contributed by atoms with Crippen LogP contribution in [0.15, 0.2) is 39.9 Å². The van der Waals surface area contributed by atoms with Crippen molar-refractivity contribution in [2.45, 2.75) is 31.4 Å². The molecule has 0 spiro atoms. The summed E-state index contributed by atoms with van der Waals surface area (Å²) in [5.74, 6) is 0. The highest BCUT2D eigenvalue weighted by Crippen LogP contribution is 2.19. The number of hydrogen-bond acceptors (Lipinski definition) is 4. The summed E-state index contributed by atoms with van der Waals surface area (Å²) in [6.07, 6.45) is 0.625. The van der Waals surface area contributed by atoms with Gasteiger partial charge >= 0.3 is 0 Å². The Hall–Kier alpha value is -1.21. The molecule has 2 N–H and O–H groups in total. The minimum absolute atomic E-state index is 0.170. The maximum atomic E-state index is 12.4. The predicted octanol–water partition coefficient (Wildman–Crippen LogP) is 2.28. The van der Waals surface area contributed by atoms with E-state index in [0.29, 0.717) is 12.0 Å². The largest absolute Gasteiger partial charge is 0.392 e. The Morgan fingerprint density at radius 2 is 2.05 bits per heavy atom. The van der Waals surface area contributed by atoms with E-state index in [2.05, 4.69) is 4.72 Å². The summed E-state index contributed by atoms with van der Waals surface area (Å²) in [5, 5.41) is 13.0. The smallest absolute Gasteiger partial charge is 0.241 e. The van der Waals surface area contributed by atoms with Crippen molar-refractivity contribution in [2.24, 2.45) is 0 Å². The number of aryl methyl sites for hydroxylation is 1. The fourth-order valence-corrected chi connectivity index (χ4v) is 3.93. The van der Waals surface area contributed by atoms with Gasteiger partial charge < -0.3 is 5.11 Å². The Morgan fingerprint density at radius 1 is 1.25 bits per heavy atom. The van der Waals surface area contributed by atoms with Gasteiger partial charge in [0.15, 0.2) is 0 Å². The second-order valence-corrected chi connectivity index (χ2v) is 6.93. The molecule has 0 unspecified atom stereocenters. The molecule has 0 saturated carbocycles. The zero-order chi connectivity index (χ0) is 14.6. The SMILES string of the molecule is CCc1ccc(CO)cc1S(=O)(=O)NCc1ccsc1. The summed E-state index contributed by atoms with van der Waals surface area (Å²) in [6, 6.07) is 6.92. The zero-order valence-corrected chi connectivity index (χ0v) is 12.8. The Bertz CT molecular complexity index is 664. The van der Waals surface area contributed by atoms with Crippen LogP contribution in [0.25, 0.3) is 0 Å². The van der Waals surface area contributed by atoms with E-state index >= 15 is 0 Å². The van der Waals surface area contributed by atoms with Crippen LogP contribution in [-0.4, -0.2) is 13.5 Å². The van der Waals surface area contributed by atoms with Gasteiger partial charge in [0.25, 0.3) is 0 Å². The summed E-state index contributed by atoms with van der Waals surface area (Å²) < 4.78 is 27.4. The molecular weight excluding hydrogens is 294 g/mol. The lowest BCUT2D eigenvalue weighted by Crippen LogP contribution is -2.24. The van der Waals surface area contributed by atoms with Crippen LogP contribution in [0.5, 0.6) is 0 Å². The lowest BCUT2D eigenvalue weighted by molar-refractivity contribution is 0.281. The highest BCUT2D eigenvalue weighted by Gasteiger charge is 2.18. The van der Waals surface area contributed by atoms with Crippen molar-refractivity contribution in [1.29, 1.82) is 0 Å². The van der Waals surface area contributed by atoms with Gasteiger partial charge in [-0.2, -0.15) is 11.3 Å². The van der Waals surface area contributed by atoms with Gasteiger partial charge in [0.1, 0.15) is 0 Å². The molecule has 1 heterocycles. The first-order chi connectivity index (χ1) is 9.56. The summed E-state index contributed by atoms with van der Waals surface area (Å²) >= 11 is 1.53. The van der Waals surface area contributed by atoms with Gasteiger partial charge in [0.2, 0.25) is 10.0 Å². The van der Waals surface area contributed by atoms with E-state index in [0.717, 1.165) is 11.1 Å². The maximum Gasteiger partial charge on any atom is 0.241 e. The average Bonchev–Trinajstić information content (AvgIpc) is 2.98. The Morgan fingerprint density at radius 3 is 2.65 bits per heavy atom. The monoisotopic (exact) mass is 311 g/mol. The number of hydrogen-bond donors (Lipinski definition) is 2. The first kappa shape index (κ1) is 15.2. The number of benzene rings is 1. The number of aliphatic hydroxyl groups excluding tert-OH is 1. The first-order valence-corrected chi connectivity index (χ1v) is 8.73. The van der Waals surface area contributed by atoms with Crippen molar-refractivity contribution < 1.29 is 13.5 Å². The van der Waals surface area contributed by atoms with Crippen LogP contribution in [0, 0.1) is 0 Å². The van der Waals surface area contributed by atoms with Crippen molar-refractivity contribution in [3.8, 4) is 0 Å². The normalized spacial score (nSPS) is 11.7. The van der Waals surface area contributed by atoms with Crippen molar-refractivity contribution in [2.75, 3.05) is 0 Å². The molecule has 0 fully saturated rings. The summed E-state index contributed by atoms with van der Waals surface area (Å²) in [6.45, 7) is 2.02. The van der Waals surface area contributed by atoms with Crippen LogP contribution in [0.2, 0.25) is 0 Å². The van der Waals surface area contributed by atoms with E-state index in [4.69, 9.17) is 5.11 Å². The van der Waals surface area contributed by atoms with Gasteiger partial charge in [-0.1, -0.05) is 19.1 Å². The van der Waals surface area contributed by atoms with E-state index in [1.807, 2.05) is 23.8 Å². The molecule has 0 aliphatic heterocycles. The molecule has 108 valence electrons. The highest BCUT2D eigenvalue weighted by atomic mass is 32.2. The summed E-state index contributed by atoms with van der Waals surface area (Å²) in [4.78, 5) is 0.252. The number of thiophene rings is 1. The zero-order valence-electron chi connectivity index (χ0n) is 11.2. The fraction of sp³-hybridized carbons (Fsp3) is 0.286. The van der Waals surface area contributed by atoms with Crippen LogP contribution in [-0.2, 0) is 29.6 Å². The Kier molecular flexibility index (Phi) is 4.93. The topological polar surface area (TPSA) is 66.4 Å². The van der Waals surface area contributed by atoms with Crippen molar-refractivity contribution >= 4 is 21.4 Å². The quantitative estimate of drug-likeness (QED) is 0.860. The Balaban J connectivity index is 2.28. The van der Waals surface area contributed by atoms with Crippen molar-refractivity contribution in [1.82, 2.24) is 4.72 Å². The molecule has 6 heteroatoms. The molecule has 0 amide bonds. The molecule has 0 atom stereocenters. The fourth-order valence-electron chi connectivity index (χ4n) is 1.89. The molecule has 1 aromatic heterocycles. The first-order valence-electron chi connectivity index (χ1n) is 6.30. The third kappa shape index (κ3) is 3.46. The van der Waals surface area contributed by atoms with Gasteiger partial charge in [-0.15, -0.1) is 0 Å². The standard InChI is InChI=1S/C14H17NO3S2/c1-2-13-4-3-11(9-16)7-14(13)20(17,18)15-8-12-5-6-19-10-12/h3-7,10,15-16H,2,8-9H2,1H3. The number of aliphatic hydroxyl groups is 1. The molecular formula is C14H17NO3S2. The number of nitrogens with one attached hydrogen (secondary N) is 1. The third-order valence-electron chi connectivity index (χ3n) is 3.03. The lowest BCUT2D eigenvalue weighted by Gasteiger charge is -2.11. The van der Waals surface area contributed by atoms with Crippen LogP contribution in [0.1, 0.15) is 23.6 Å². The predicted molar refractivity (Wildman–Crippen MR) is 80.1 cm³/mol. The van der Waals surface area contributed by atoms with Gasteiger partial charge in [0, 0.05) is 6.54 Å². The molecule has 4 nitrogen and oxygen atoms in total. The Labute approximate surface area is 123 Å². The molecule has 0 bridgehead atoms. The van der Waals surface area contributed by atoms with E-state index in [1.165, 1.54) is 17.4 Å². The van der Waals surface area contributed by atoms with Gasteiger partial charge in [-0.3, -0.25) is 0 Å². The second kappa shape index (κ2) is 6.49. The van der Waals surface area contributed by atoms with Crippen LogP contribution >= 0.6 is 11.3 Å². The molecule has 1 aromatic carbocycles. The van der Waals surface area contributed by atoms with E-state index in [9.17, 15) is 8.42 Å². The van der Waals surface area contributed by atoms with E-state index < -0.39 is 10.0 Å². The molecule has 20 heavy (non-hydrogen) atoms. The van der Waals surface area contributed by atoms with Crippen molar-refractivity contribution in [3.05, 3.63) is 51.7 Å². The lowest BCUT2D eigenvalue weighted by atomic mass is 10.1. The number of sulfonamides is 1. The van der Waals surface area contributed by atoms with Gasteiger partial charge in [-0.25, -0.2) is 13.1 Å². The van der Waals surface area contributed by atoms with E-state index in [1.54, 1.807) is 12.1 Å². The molecule has 0 aliphatic carbocycles. The van der Waals surface area contributed by atoms with Crippen LogP contribution < -0.4 is 4.72 Å². The van der Waals surface area contributed by atoms with Crippen LogP contribution in [0.4, 0.5) is 0 Å². The molecule has 0 radical (unpaired) electrons. The second-order valence-electron chi connectivity index (χ2n) is 4.41. The van der Waals surface area contributed by atoms with Gasteiger partial charge in [-0.05, 0) is 46.0 Å². The third-order valence-corrected chi connectivity index (χ3v) is 5.25.